The van der Waals surface area contributed by atoms with Gasteiger partial charge in [-0.05, 0) is 99.5 Å². The Hall–Kier alpha value is -3.83. The van der Waals surface area contributed by atoms with E-state index in [0.29, 0.717) is 29.1 Å². The number of Topliss-reactive ketones (excluding diaryl/α,β-unsaturated/α-hetero) is 1. The Kier molecular flexibility index (Phi) is 17.0. The first-order valence-corrected chi connectivity index (χ1v) is 24.3. The average Bonchev–Trinajstić information content (AvgIpc) is 3.38. The van der Waals surface area contributed by atoms with E-state index < -0.39 is 11.9 Å². The molecule has 0 spiro atoms. The topological polar surface area (TPSA) is 115 Å². The Morgan fingerprint density at radius 2 is 1.54 bits per heavy atom. The Balaban J connectivity index is 0.00000700. The smallest absolute Gasteiger partial charge is 0.664 e. The zero-order valence-electron chi connectivity index (χ0n) is 41.4. The molecule has 0 aromatic carbocycles. The molecule has 3 aromatic rings. The number of hydrogen-bond acceptors (Lipinski definition) is 4. The third-order valence-electron chi connectivity index (χ3n) is 14.7. The van der Waals surface area contributed by atoms with Crippen molar-refractivity contribution in [2.45, 2.75) is 153 Å². The number of aromatic nitrogens is 3. The normalized spacial score (nSPS) is 24.1. The number of carbonyl (C=O) groups is 2. The van der Waals surface area contributed by atoms with E-state index in [-0.39, 0.29) is 47.0 Å². The van der Waals surface area contributed by atoms with Crippen LogP contribution in [-0.2, 0) is 25.4 Å². The van der Waals surface area contributed by atoms with Crippen LogP contribution in [0.25, 0.3) is 35.2 Å². The van der Waals surface area contributed by atoms with Crippen LogP contribution < -0.4 is 25.7 Å². The summed E-state index contributed by atoms with van der Waals surface area (Å²) in [6.07, 6.45) is 24.1. The quantitative estimate of drug-likeness (QED) is 0.0211. The second-order valence-electron chi connectivity index (χ2n) is 19.9. The van der Waals surface area contributed by atoms with Gasteiger partial charge in [0, 0.05) is 5.56 Å². The Labute approximate surface area is 404 Å². The van der Waals surface area contributed by atoms with Crippen molar-refractivity contribution in [3.05, 3.63) is 102 Å². The number of ether oxygens (including phenoxy) is 1. The molecule has 10 heteroatoms. The van der Waals surface area contributed by atoms with Crippen molar-refractivity contribution in [1.29, 1.82) is 0 Å². The number of esters is 1. The van der Waals surface area contributed by atoms with Crippen molar-refractivity contribution in [1.82, 2.24) is 15.0 Å². The van der Waals surface area contributed by atoms with Gasteiger partial charge in [-0.3, -0.25) is 9.59 Å². The van der Waals surface area contributed by atoms with Gasteiger partial charge in [-0.2, -0.15) is 15.9 Å². The largest absolute Gasteiger partial charge is 2.00 e. The van der Waals surface area contributed by atoms with Crippen LogP contribution in [0.15, 0.2) is 29.6 Å². The molecule has 2 saturated heterocycles. The molecule has 7 rings (SSSR count). The summed E-state index contributed by atoms with van der Waals surface area (Å²) in [7, 11) is 1.34. The van der Waals surface area contributed by atoms with Gasteiger partial charge in [0.05, 0.1) is 13.5 Å². The molecule has 6 heterocycles. The van der Waals surface area contributed by atoms with Crippen molar-refractivity contribution in [2.24, 2.45) is 35.5 Å². The average molecular weight is 895 g/mol. The van der Waals surface area contributed by atoms with Crippen LogP contribution in [0.3, 0.4) is 0 Å². The summed E-state index contributed by atoms with van der Waals surface area (Å²) < 4.78 is 8.31. The minimum Gasteiger partial charge on any atom is -0.664 e. The maximum absolute atomic E-state index is 14.4. The van der Waals surface area contributed by atoms with Crippen LogP contribution >= 0.6 is 0 Å². The van der Waals surface area contributed by atoms with Gasteiger partial charge in [0.15, 0.2) is 5.78 Å². The predicted octanol–water partition coefficient (Wildman–Crippen LogP) is 10.6. The van der Waals surface area contributed by atoms with Gasteiger partial charge < -0.3 is 25.0 Å². The molecule has 346 valence electrons. The fourth-order valence-electron chi connectivity index (χ4n) is 10.4. The zero-order valence-corrected chi connectivity index (χ0v) is 42.8. The Morgan fingerprint density at radius 1 is 0.877 bits per heavy atom. The number of methoxy groups -OCH3 is 1. The third kappa shape index (κ3) is 11.0. The van der Waals surface area contributed by atoms with Crippen LogP contribution in [0.2, 0.25) is 0 Å². The summed E-state index contributed by atoms with van der Waals surface area (Å²) in [4.78, 5) is 49.5. The number of carbonyl (C=O) groups excluding carboxylic acids is 2. The van der Waals surface area contributed by atoms with Crippen LogP contribution in [-0.4, -0.2) is 54.8 Å². The molecule has 4 aliphatic rings. The van der Waals surface area contributed by atoms with Gasteiger partial charge in [-0.25, -0.2) is 0 Å². The molecule has 3 aromatic heterocycles. The minimum absolute atomic E-state index is 0. The second kappa shape index (κ2) is 21.9. The molecule has 8 bridgehead atoms. The molecular weight excluding hydrogens is 821 g/mol. The monoisotopic (exact) mass is 894 g/mol. The molecule has 1 unspecified atom stereocenters. The van der Waals surface area contributed by atoms with Crippen LogP contribution in [0.5, 0.6) is 0 Å². The first kappa shape index (κ1) is 50.6. The molecule has 6 atom stereocenters. The van der Waals surface area contributed by atoms with Gasteiger partial charge in [-0.1, -0.05) is 151 Å². The summed E-state index contributed by atoms with van der Waals surface area (Å²) in [5.41, 5.74) is 11.7. The maximum atomic E-state index is 14.4. The van der Waals surface area contributed by atoms with E-state index in [2.05, 4.69) is 91.6 Å². The van der Waals surface area contributed by atoms with E-state index in [1.54, 1.807) is 0 Å². The van der Waals surface area contributed by atoms with Gasteiger partial charge in [0.1, 0.15) is 5.92 Å². The number of ketones is 1. The van der Waals surface area contributed by atoms with Crippen molar-refractivity contribution in [2.75, 3.05) is 13.7 Å². The van der Waals surface area contributed by atoms with Crippen LogP contribution in [0.4, 0.5) is 0 Å². The van der Waals surface area contributed by atoms with Gasteiger partial charge in [-0.15, -0.1) is 33.5 Å². The first-order valence-electron chi connectivity index (χ1n) is 24.3. The van der Waals surface area contributed by atoms with E-state index in [0.717, 1.165) is 105 Å². The molecule has 0 N–H and O–H groups in total. The van der Waals surface area contributed by atoms with Crippen molar-refractivity contribution in [3.63, 3.8) is 0 Å². The van der Waals surface area contributed by atoms with E-state index in [1.165, 1.54) is 64.0 Å². The van der Waals surface area contributed by atoms with Crippen molar-refractivity contribution in [3.8, 4) is 0 Å². The second-order valence-corrected chi connectivity index (χ2v) is 19.9. The number of nitrogens with zero attached hydrogens (tertiary/aromatic N) is 4. The minimum atomic E-state index is -1.14. The third-order valence-corrected chi connectivity index (χ3v) is 14.7. The first-order chi connectivity index (χ1) is 30.6. The van der Waals surface area contributed by atoms with Crippen molar-refractivity contribution < 1.29 is 23.7 Å². The predicted molar refractivity (Wildman–Crippen MR) is 264 cm³/mol. The summed E-state index contributed by atoms with van der Waals surface area (Å²) >= 11 is 0. The van der Waals surface area contributed by atoms with E-state index in [4.69, 9.17) is 29.9 Å². The standard InChI is InChI=1S/C55H74N4O5.Mg/c1-13-39-35(8)42-28-44-37(10)41(24-25-48-63-64(48)27-26-34(7)23-17-22-33(6)21-16-20-32(5)19-15-18-31(3)4)52(58-44)50-51(55(61)62-12)54(60)49-38(11)45(59-53(49)50)30-47-40(14-2)36(9)43(57-47)29-46(39)56-42;/h13,26,28-33,37,41,48,51H,1,14-25,27H2,2-12H3,(H-,58,59,60);/q-2;+2/p-1/b34-26-,43-29-,44-28-,47-30-;/t32-,33-,37+,41+,48?,51-;/m1./s1. The zero-order chi connectivity index (χ0) is 46.0. The van der Waals surface area contributed by atoms with Crippen LogP contribution in [0, 0.1) is 56.3 Å². The summed E-state index contributed by atoms with van der Waals surface area (Å²) in [6, 6.07) is 0. The molecule has 65 heavy (non-hydrogen) atoms. The SMILES string of the molecule is C=Cc1c2[n-]c(c1C)/C=C1\[N-]/C(=C3\c4[n-]c(c(C)c4C(=O)[C@@H]3C(=O)OC)/C=c3\[n-]/c(c(C)c3CC)=C\2)[C@@H](CCC2O[O+]2C/C=C(/C)CCC[C@H](C)CCC[C@H](C)CCCC(C)C)[C@@H]1C.[Mg+2]. The molecule has 2 fully saturated rings. The van der Waals surface area contributed by atoms with E-state index >= 15 is 0 Å². The molecule has 0 radical (unpaired) electrons. The number of hydrogen-bond donors (Lipinski definition) is 0. The van der Waals surface area contributed by atoms with Gasteiger partial charge >= 0.3 is 35.3 Å². The fraction of sp³-hybridized carbons (Fsp3) is 0.564. The summed E-state index contributed by atoms with van der Waals surface area (Å²) in [6.45, 7) is 26.9. The molecule has 9 nitrogen and oxygen atoms in total. The van der Waals surface area contributed by atoms with E-state index in [1.807, 2.05) is 19.1 Å². The Morgan fingerprint density at radius 3 is 2.20 bits per heavy atom. The van der Waals surface area contributed by atoms with Gasteiger partial charge in [0.25, 0.3) is 0 Å². The molecule has 0 saturated carbocycles. The molecule has 0 amide bonds. The Bertz CT molecular complexity index is 2460. The maximum Gasteiger partial charge on any atom is 2.00 e. The fourth-order valence-corrected chi connectivity index (χ4v) is 10.4. The molecular formula is C55H73MgN4O5-. The van der Waals surface area contributed by atoms with Crippen LogP contribution in [0.1, 0.15) is 180 Å². The number of rotatable bonds is 20. The number of allylic oxidation sites excluding steroid dienone is 3. The molecule has 1 aliphatic carbocycles. The van der Waals surface area contributed by atoms with Crippen molar-refractivity contribution >= 4 is 64.7 Å². The van der Waals surface area contributed by atoms with E-state index in [9.17, 15) is 9.59 Å². The number of fused-ring (bicyclic) bond motifs is 7. The van der Waals surface area contributed by atoms with Gasteiger partial charge in [0.2, 0.25) is 6.61 Å². The summed E-state index contributed by atoms with van der Waals surface area (Å²) in [5.74, 6) is 0.242. The molecule has 3 aliphatic heterocycles. The summed E-state index contributed by atoms with van der Waals surface area (Å²) in [5, 5.41) is 7.00.